The van der Waals surface area contributed by atoms with Gasteiger partial charge in [-0.05, 0) is 46.8 Å². The lowest BCUT2D eigenvalue weighted by atomic mass is 9.89. The minimum absolute atomic E-state index is 0.282. The average Bonchev–Trinajstić information content (AvgIpc) is 2.14. The van der Waals surface area contributed by atoms with Gasteiger partial charge in [0.05, 0.1) is 11.1 Å². The number of aliphatic hydroxyl groups is 1. The van der Waals surface area contributed by atoms with E-state index in [1.807, 2.05) is 0 Å². The first kappa shape index (κ1) is 10.4. The summed E-state index contributed by atoms with van der Waals surface area (Å²) in [4.78, 5) is 0. The third-order valence-corrected chi connectivity index (χ3v) is 3.81. The molecule has 76 valence electrons. The van der Waals surface area contributed by atoms with E-state index in [1.165, 1.54) is 6.07 Å². The maximum Gasteiger partial charge on any atom is 0.127 e. The van der Waals surface area contributed by atoms with Gasteiger partial charge in [-0.15, -0.1) is 0 Å². The lowest BCUT2D eigenvalue weighted by molar-refractivity contribution is 0.155. The molecule has 0 heterocycles. The zero-order valence-corrected chi connectivity index (χ0v) is 9.70. The van der Waals surface area contributed by atoms with Crippen molar-refractivity contribution in [3.8, 4) is 0 Å². The summed E-state index contributed by atoms with van der Waals surface area (Å²) in [5.74, 6) is -0.282. The van der Waals surface area contributed by atoms with Gasteiger partial charge in [0.1, 0.15) is 5.82 Å². The standard InChI is InChI=1S/C10H9BrClFO/c11-6-4-7(13)5-2-1-3-8(14)9(5)10(6)12/h4,8,14H,1-3H2/t8-/m1/s1. The van der Waals surface area contributed by atoms with Crippen LogP contribution >= 0.6 is 27.5 Å². The molecular formula is C10H9BrClFO. The number of hydrogen-bond donors (Lipinski definition) is 1. The van der Waals surface area contributed by atoms with Crippen LogP contribution in [0.25, 0.3) is 0 Å². The highest BCUT2D eigenvalue weighted by molar-refractivity contribution is 9.10. The number of fused-ring (bicyclic) bond motifs is 1. The zero-order valence-electron chi connectivity index (χ0n) is 7.36. The van der Waals surface area contributed by atoms with E-state index in [-0.39, 0.29) is 5.82 Å². The molecule has 1 aromatic rings. The van der Waals surface area contributed by atoms with E-state index >= 15 is 0 Å². The van der Waals surface area contributed by atoms with Crippen LogP contribution in [0.5, 0.6) is 0 Å². The Morgan fingerprint density at radius 1 is 1.57 bits per heavy atom. The van der Waals surface area contributed by atoms with Crippen LogP contribution in [0.2, 0.25) is 5.02 Å². The van der Waals surface area contributed by atoms with Gasteiger partial charge in [0.2, 0.25) is 0 Å². The molecule has 0 saturated carbocycles. The zero-order chi connectivity index (χ0) is 10.3. The Morgan fingerprint density at radius 3 is 3.00 bits per heavy atom. The second-order valence-corrected chi connectivity index (χ2v) is 4.69. The minimum atomic E-state index is -0.627. The van der Waals surface area contributed by atoms with E-state index in [0.717, 1.165) is 6.42 Å². The van der Waals surface area contributed by atoms with Gasteiger partial charge in [-0.2, -0.15) is 0 Å². The lowest BCUT2D eigenvalue weighted by Crippen LogP contribution is -2.12. The highest BCUT2D eigenvalue weighted by Gasteiger charge is 2.25. The predicted molar refractivity (Wildman–Crippen MR) is 57.0 cm³/mol. The van der Waals surface area contributed by atoms with Crippen LogP contribution in [0, 0.1) is 5.82 Å². The highest BCUT2D eigenvalue weighted by Crippen LogP contribution is 2.40. The maximum atomic E-state index is 13.5. The molecule has 0 bridgehead atoms. The molecule has 1 aromatic carbocycles. The van der Waals surface area contributed by atoms with Crippen molar-refractivity contribution in [3.05, 3.63) is 32.5 Å². The smallest absolute Gasteiger partial charge is 0.127 e. The summed E-state index contributed by atoms with van der Waals surface area (Å²) in [6.45, 7) is 0. The van der Waals surface area contributed by atoms with Gasteiger partial charge < -0.3 is 5.11 Å². The van der Waals surface area contributed by atoms with Crippen molar-refractivity contribution in [2.45, 2.75) is 25.4 Å². The molecule has 0 radical (unpaired) electrons. The molecule has 0 saturated heterocycles. The molecule has 4 heteroatoms. The Balaban J connectivity index is 2.67. The first-order chi connectivity index (χ1) is 6.61. The number of aliphatic hydroxyl groups excluding tert-OH is 1. The van der Waals surface area contributed by atoms with Crippen molar-refractivity contribution < 1.29 is 9.50 Å². The van der Waals surface area contributed by atoms with Crippen LogP contribution in [0.1, 0.15) is 30.1 Å². The fourth-order valence-electron chi connectivity index (χ4n) is 1.87. The molecule has 1 N–H and O–H groups in total. The molecule has 1 aliphatic carbocycles. The third kappa shape index (κ3) is 1.58. The van der Waals surface area contributed by atoms with Crippen molar-refractivity contribution in [2.75, 3.05) is 0 Å². The summed E-state index contributed by atoms with van der Waals surface area (Å²) < 4.78 is 14.0. The normalized spacial score (nSPS) is 20.7. The van der Waals surface area contributed by atoms with E-state index in [0.29, 0.717) is 33.5 Å². The SMILES string of the molecule is O[C@@H]1CCCc2c(F)cc(Br)c(Cl)c21. The molecule has 0 aliphatic heterocycles. The van der Waals surface area contributed by atoms with Gasteiger partial charge in [-0.1, -0.05) is 11.6 Å². The van der Waals surface area contributed by atoms with Gasteiger partial charge >= 0.3 is 0 Å². The van der Waals surface area contributed by atoms with Crippen molar-refractivity contribution in [3.63, 3.8) is 0 Å². The quantitative estimate of drug-likeness (QED) is 0.719. The summed E-state index contributed by atoms with van der Waals surface area (Å²) in [7, 11) is 0. The highest BCUT2D eigenvalue weighted by atomic mass is 79.9. The Kier molecular flexibility index (Phi) is 2.82. The minimum Gasteiger partial charge on any atom is -0.388 e. The van der Waals surface area contributed by atoms with Crippen LogP contribution < -0.4 is 0 Å². The summed E-state index contributed by atoms with van der Waals surface area (Å²) >= 11 is 9.17. The topological polar surface area (TPSA) is 20.2 Å². The fraction of sp³-hybridized carbons (Fsp3) is 0.400. The Hall–Kier alpha value is -0.120. The number of benzene rings is 1. The summed E-state index contributed by atoms with van der Waals surface area (Å²) in [5, 5.41) is 10.2. The summed E-state index contributed by atoms with van der Waals surface area (Å²) in [6.07, 6.45) is 1.50. The number of hydrogen-bond acceptors (Lipinski definition) is 1. The van der Waals surface area contributed by atoms with Gasteiger partial charge in [-0.25, -0.2) is 4.39 Å². The third-order valence-electron chi connectivity index (χ3n) is 2.55. The van der Waals surface area contributed by atoms with Crippen LogP contribution in [-0.4, -0.2) is 5.11 Å². The molecule has 0 spiro atoms. The molecule has 14 heavy (non-hydrogen) atoms. The van der Waals surface area contributed by atoms with Crippen LogP contribution in [0.3, 0.4) is 0 Å². The Morgan fingerprint density at radius 2 is 2.29 bits per heavy atom. The van der Waals surface area contributed by atoms with Gasteiger partial charge in [0, 0.05) is 10.0 Å². The van der Waals surface area contributed by atoms with Crippen LogP contribution in [0.4, 0.5) is 4.39 Å². The lowest BCUT2D eigenvalue weighted by Gasteiger charge is -2.23. The van der Waals surface area contributed by atoms with Crippen molar-refractivity contribution in [2.24, 2.45) is 0 Å². The monoisotopic (exact) mass is 278 g/mol. The molecule has 1 aliphatic rings. The van der Waals surface area contributed by atoms with E-state index in [9.17, 15) is 9.50 Å². The summed E-state index contributed by atoms with van der Waals surface area (Å²) in [5.41, 5.74) is 1.13. The first-order valence-corrected chi connectivity index (χ1v) is 5.62. The molecule has 0 amide bonds. The molecular weight excluding hydrogens is 270 g/mol. The van der Waals surface area contributed by atoms with Gasteiger partial charge in [0.15, 0.2) is 0 Å². The number of halogens is 3. The van der Waals surface area contributed by atoms with E-state index in [2.05, 4.69) is 15.9 Å². The van der Waals surface area contributed by atoms with Crippen LogP contribution in [0.15, 0.2) is 10.5 Å². The van der Waals surface area contributed by atoms with Crippen molar-refractivity contribution in [1.29, 1.82) is 0 Å². The van der Waals surface area contributed by atoms with Crippen molar-refractivity contribution >= 4 is 27.5 Å². The summed E-state index contributed by atoms with van der Waals surface area (Å²) in [6, 6.07) is 1.36. The van der Waals surface area contributed by atoms with Gasteiger partial charge in [0.25, 0.3) is 0 Å². The second kappa shape index (κ2) is 3.80. The Bertz CT molecular complexity index is 381. The van der Waals surface area contributed by atoms with Crippen molar-refractivity contribution in [1.82, 2.24) is 0 Å². The van der Waals surface area contributed by atoms with E-state index < -0.39 is 6.10 Å². The molecule has 1 nitrogen and oxygen atoms in total. The molecule has 2 rings (SSSR count). The molecule has 0 fully saturated rings. The second-order valence-electron chi connectivity index (χ2n) is 3.45. The largest absolute Gasteiger partial charge is 0.388 e. The van der Waals surface area contributed by atoms with Gasteiger partial charge in [-0.3, -0.25) is 0 Å². The van der Waals surface area contributed by atoms with Crippen LogP contribution in [-0.2, 0) is 6.42 Å². The average molecular weight is 280 g/mol. The van der Waals surface area contributed by atoms with E-state index in [4.69, 9.17) is 11.6 Å². The molecule has 1 atom stereocenters. The van der Waals surface area contributed by atoms with E-state index in [1.54, 1.807) is 0 Å². The Labute approximate surface area is 95.0 Å². The number of rotatable bonds is 0. The maximum absolute atomic E-state index is 13.5. The predicted octanol–water partition coefficient (Wildman–Crippen LogP) is 3.61. The molecule has 0 aromatic heterocycles. The fourth-order valence-corrected chi connectivity index (χ4v) is 2.58. The molecule has 0 unspecified atom stereocenters. The first-order valence-electron chi connectivity index (χ1n) is 4.45.